The number of rotatable bonds is 16. The zero-order chi connectivity index (χ0) is 31.5. The van der Waals surface area contributed by atoms with Crippen LogP contribution in [0.3, 0.4) is 0 Å². The van der Waals surface area contributed by atoms with E-state index in [1.807, 2.05) is 43.0 Å². The summed E-state index contributed by atoms with van der Waals surface area (Å²) in [5.41, 5.74) is 3.76. The predicted octanol–water partition coefficient (Wildman–Crippen LogP) is 5.45. The first-order chi connectivity index (χ1) is 21.4. The molecule has 4 rings (SSSR count). The van der Waals surface area contributed by atoms with Crippen LogP contribution in [0.2, 0.25) is 0 Å². The molecule has 0 aliphatic carbocycles. The van der Waals surface area contributed by atoms with Crippen LogP contribution < -0.4 is 24.3 Å². The summed E-state index contributed by atoms with van der Waals surface area (Å²) in [4.78, 5) is 15.7. The van der Waals surface area contributed by atoms with E-state index in [2.05, 4.69) is 23.5 Å². The van der Waals surface area contributed by atoms with Crippen molar-refractivity contribution in [3.05, 3.63) is 71.8 Å². The highest BCUT2D eigenvalue weighted by atomic mass is 16.5. The molecule has 0 aromatic heterocycles. The van der Waals surface area contributed by atoms with Crippen LogP contribution in [0.1, 0.15) is 36.2 Å². The summed E-state index contributed by atoms with van der Waals surface area (Å²) in [6.45, 7) is 7.73. The van der Waals surface area contributed by atoms with Crippen LogP contribution in [0.4, 0.5) is 0 Å². The van der Waals surface area contributed by atoms with Crippen molar-refractivity contribution in [2.24, 2.45) is 5.92 Å². The monoisotopic (exact) mass is 606 g/mol. The quantitative estimate of drug-likeness (QED) is 0.216. The van der Waals surface area contributed by atoms with E-state index in [0.717, 1.165) is 36.2 Å². The van der Waals surface area contributed by atoms with Gasteiger partial charge in [0.05, 0.1) is 40.6 Å². The largest absolute Gasteiger partial charge is 0.493 e. The molecule has 9 heteroatoms. The molecule has 0 radical (unpaired) electrons. The normalized spacial score (nSPS) is 16.2. The van der Waals surface area contributed by atoms with Gasteiger partial charge in [0.2, 0.25) is 0 Å². The van der Waals surface area contributed by atoms with Crippen molar-refractivity contribution in [3.63, 3.8) is 0 Å². The molecule has 1 saturated heterocycles. The molecule has 1 N–H and O–H groups in total. The second-order valence-electron chi connectivity index (χ2n) is 11.1. The van der Waals surface area contributed by atoms with Crippen molar-refractivity contribution in [1.29, 1.82) is 0 Å². The van der Waals surface area contributed by atoms with E-state index in [1.165, 1.54) is 0 Å². The number of hydrogen-bond acceptors (Lipinski definition) is 8. The van der Waals surface area contributed by atoms with E-state index in [4.69, 9.17) is 28.4 Å². The number of hydrogen-bond donors (Lipinski definition) is 1. The number of amides is 1. The molecule has 0 unspecified atom stereocenters. The van der Waals surface area contributed by atoms with Crippen LogP contribution in [0, 0.1) is 5.92 Å². The third-order valence-electron chi connectivity index (χ3n) is 7.86. The lowest BCUT2D eigenvalue weighted by molar-refractivity contribution is 0.0129. The van der Waals surface area contributed by atoms with E-state index >= 15 is 0 Å². The van der Waals surface area contributed by atoms with Crippen LogP contribution in [0.5, 0.6) is 23.0 Å². The highest BCUT2D eigenvalue weighted by Gasteiger charge is 2.32. The standard InChI is InChI=1S/C35H46N2O7/c1-24(2)37(35(38)28-12-14-31(41-5)33(19-28)43-16-8-15-39-3)22-29-20-36-21-34(29)44-23-25-9-7-10-26(17-25)27-11-13-30(40-4)32(18-27)42-6/h7,9-14,17-19,24,29,34,36H,8,15-16,20-23H2,1-6H3/t29-,34-/m0/s1. The lowest BCUT2D eigenvalue weighted by Crippen LogP contribution is -2.43. The van der Waals surface area contributed by atoms with Crippen molar-refractivity contribution in [2.75, 3.05) is 61.3 Å². The van der Waals surface area contributed by atoms with Crippen molar-refractivity contribution in [1.82, 2.24) is 10.2 Å². The van der Waals surface area contributed by atoms with Crippen molar-refractivity contribution in [2.45, 2.75) is 39.0 Å². The fourth-order valence-corrected chi connectivity index (χ4v) is 5.40. The van der Waals surface area contributed by atoms with E-state index in [0.29, 0.717) is 54.9 Å². The smallest absolute Gasteiger partial charge is 0.254 e. The van der Waals surface area contributed by atoms with Gasteiger partial charge in [-0.05, 0) is 66.9 Å². The zero-order valence-corrected chi connectivity index (χ0v) is 26.8. The van der Waals surface area contributed by atoms with Gasteiger partial charge in [-0.2, -0.15) is 0 Å². The van der Waals surface area contributed by atoms with Gasteiger partial charge >= 0.3 is 0 Å². The molecule has 2 atom stereocenters. The van der Waals surface area contributed by atoms with Gasteiger partial charge in [-0.15, -0.1) is 0 Å². The van der Waals surface area contributed by atoms with Crippen LogP contribution in [-0.4, -0.2) is 84.2 Å². The molecule has 1 heterocycles. The molecule has 1 aliphatic rings. The Bertz CT molecular complexity index is 1360. The maximum Gasteiger partial charge on any atom is 0.254 e. The van der Waals surface area contributed by atoms with Gasteiger partial charge in [0.15, 0.2) is 23.0 Å². The van der Waals surface area contributed by atoms with Crippen LogP contribution >= 0.6 is 0 Å². The Morgan fingerprint density at radius 1 is 0.841 bits per heavy atom. The third kappa shape index (κ3) is 8.43. The van der Waals surface area contributed by atoms with Crippen molar-refractivity contribution in [3.8, 4) is 34.1 Å². The van der Waals surface area contributed by atoms with Gasteiger partial charge in [0.25, 0.3) is 5.91 Å². The molecule has 1 aliphatic heterocycles. The van der Waals surface area contributed by atoms with Crippen LogP contribution in [0.15, 0.2) is 60.7 Å². The van der Waals surface area contributed by atoms with Gasteiger partial charge < -0.3 is 38.6 Å². The number of methoxy groups -OCH3 is 4. The maximum atomic E-state index is 13.8. The molecule has 0 saturated carbocycles. The van der Waals surface area contributed by atoms with Gasteiger partial charge in [-0.3, -0.25) is 4.79 Å². The summed E-state index contributed by atoms with van der Waals surface area (Å²) in [6, 6.07) is 19.6. The Labute approximate surface area is 261 Å². The van der Waals surface area contributed by atoms with E-state index in [1.54, 1.807) is 46.6 Å². The summed E-state index contributed by atoms with van der Waals surface area (Å²) >= 11 is 0. The Kier molecular flexibility index (Phi) is 12.3. The maximum absolute atomic E-state index is 13.8. The Balaban J connectivity index is 1.42. The second kappa shape index (κ2) is 16.3. The highest BCUT2D eigenvalue weighted by molar-refractivity contribution is 5.95. The lowest BCUT2D eigenvalue weighted by Gasteiger charge is -2.31. The number of ether oxygens (including phenoxy) is 6. The molecule has 9 nitrogen and oxygen atoms in total. The van der Waals surface area contributed by atoms with Gasteiger partial charge in [0, 0.05) is 57.3 Å². The summed E-state index contributed by atoms with van der Waals surface area (Å²) < 4.78 is 33.8. The molecule has 3 aromatic rings. The lowest BCUT2D eigenvalue weighted by atomic mass is 10.0. The minimum atomic E-state index is -0.0438. The predicted molar refractivity (Wildman–Crippen MR) is 171 cm³/mol. The second-order valence-corrected chi connectivity index (χ2v) is 11.1. The molecule has 3 aromatic carbocycles. The molecule has 1 amide bonds. The number of nitrogens with one attached hydrogen (secondary N) is 1. The van der Waals surface area contributed by atoms with Crippen molar-refractivity contribution < 1.29 is 33.2 Å². The first-order valence-corrected chi connectivity index (χ1v) is 15.1. The average molecular weight is 607 g/mol. The number of carbonyl (C=O) groups excluding carboxylic acids is 1. The topological polar surface area (TPSA) is 87.7 Å². The molecular weight excluding hydrogens is 560 g/mol. The number of nitrogens with zero attached hydrogens (tertiary/aromatic N) is 1. The third-order valence-corrected chi connectivity index (χ3v) is 7.86. The fraction of sp³-hybridized carbons (Fsp3) is 0.457. The summed E-state index contributed by atoms with van der Waals surface area (Å²) in [5.74, 6) is 2.64. The first-order valence-electron chi connectivity index (χ1n) is 15.1. The molecular formula is C35H46N2O7. The summed E-state index contributed by atoms with van der Waals surface area (Å²) in [6.07, 6.45) is 0.719. The summed E-state index contributed by atoms with van der Waals surface area (Å²) in [7, 11) is 6.53. The van der Waals surface area contributed by atoms with E-state index in [-0.39, 0.29) is 24.0 Å². The van der Waals surface area contributed by atoms with Crippen LogP contribution in [0.25, 0.3) is 11.1 Å². The zero-order valence-electron chi connectivity index (χ0n) is 26.8. The number of benzene rings is 3. The minimum Gasteiger partial charge on any atom is -0.493 e. The minimum absolute atomic E-state index is 0.00934. The number of carbonyl (C=O) groups is 1. The SMILES string of the molecule is COCCCOc1cc(C(=O)N(C[C@@H]2CNC[C@@H]2OCc2cccc(-c3ccc(OC)c(OC)c3)c2)C(C)C)ccc1OC. The Morgan fingerprint density at radius 3 is 2.30 bits per heavy atom. The Morgan fingerprint density at radius 2 is 1.57 bits per heavy atom. The van der Waals surface area contributed by atoms with Gasteiger partial charge in [0.1, 0.15) is 0 Å². The van der Waals surface area contributed by atoms with Crippen molar-refractivity contribution >= 4 is 5.91 Å². The van der Waals surface area contributed by atoms with Crippen LogP contribution in [-0.2, 0) is 16.1 Å². The highest BCUT2D eigenvalue weighted by Crippen LogP contribution is 2.33. The molecule has 238 valence electrons. The molecule has 0 bridgehead atoms. The van der Waals surface area contributed by atoms with E-state index < -0.39 is 0 Å². The molecule has 44 heavy (non-hydrogen) atoms. The average Bonchev–Trinajstić information content (AvgIpc) is 3.50. The molecule has 1 fully saturated rings. The van der Waals surface area contributed by atoms with Gasteiger partial charge in [-0.1, -0.05) is 24.3 Å². The summed E-state index contributed by atoms with van der Waals surface area (Å²) in [5, 5.41) is 3.46. The fourth-order valence-electron chi connectivity index (χ4n) is 5.40. The van der Waals surface area contributed by atoms with Gasteiger partial charge in [-0.25, -0.2) is 0 Å². The first kappa shape index (κ1) is 33.1. The van der Waals surface area contributed by atoms with E-state index in [9.17, 15) is 4.79 Å². The molecule has 0 spiro atoms. The Hall–Kier alpha value is -3.79.